The van der Waals surface area contributed by atoms with Gasteiger partial charge in [-0.3, -0.25) is 9.59 Å². The van der Waals surface area contributed by atoms with Gasteiger partial charge in [0.05, 0.1) is 26.2 Å². The summed E-state index contributed by atoms with van der Waals surface area (Å²) in [6.07, 6.45) is 31.5. The van der Waals surface area contributed by atoms with E-state index in [1.54, 1.807) is 0 Å². The number of carboxylic acids is 3. The SMILES string of the molecule is CCCCCCCCCCCCCC/C=C/CCCCC[N+](CCCCC(=O)[O-])(CCCCC(=O)O)CCCCC(=O)O. The molecule has 0 saturated heterocycles. The molecule has 0 aromatic rings. The van der Waals surface area contributed by atoms with Crippen LogP contribution in [-0.4, -0.2) is 58.8 Å². The lowest BCUT2D eigenvalue weighted by Gasteiger charge is -2.39. The molecule has 0 aliphatic rings. The van der Waals surface area contributed by atoms with Crippen LogP contribution in [0.4, 0.5) is 0 Å². The summed E-state index contributed by atoms with van der Waals surface area (Å²) in [5.41, 5.74) is 0. The van der Waals surface area contributed by atoms with E-state index in [1.807, 2.05) is 0 Å². The van der Waals surface area contributed by atoms with Crippen LogP contribution in [0.1, 0.15) is 174 Å². The van der Waals surface area contributed by atoms with E-state index in [4.69, 9.17) is 10.2 Å². The molecule has 0 atom stereocenters. The second-order valence-electron chi connectivity index (χ2n) is 12.8. The molecule has 0 aliphatic heterocycles. The third-order valence-electron chi connectivity index (χ3n) is 8.70. The van der Waals surface area contributed by atoms with Gasteiger partial charge in [0, 0.05) is 18.8 Å². The quantitative estimate of drug-likeness (QED) is 0.0430. The predicted molar refractivity (Wildman–Crippen MR) is 175 cm³/mol. The monoisotopic (exact) mass is 609 g/mol. The molecule has 0 fully saturated rings. The summed E-state index contributed by atoms with van der Waals surface area (Å²) in [7, 11) is 0. The van der Waals surface area contributed by atoms with E-state index in [0.29, 0.717) is 19.3 Å². The van der Waals surface area contributed by atoms with Gasteiger partial charge in [0.15, 0.2) is 0 Å². The Morgan fingerprint density at radius 1 is 0.488 bits per heavy atom. The van der Waals surface area contributed by atoms with Gasteiger partial charge in [-0.1, -0.05) is 89.7 Å². The maximum Gasteiger partial charge on any atom is 0.303 e. The lowest BCUT2D eigenvalue weighted by molar-refractivity contribution is -0.929. The molecular weight excluding hydrogens is 542 g/mol. The number of aliphatic carboxylic acids is 3. The minimum atomic E-state index is -1.02. The van der Waals surface area contributed by atoms with Gasteiger partial charge in [-0.05, 0) is 83.5 Å². The minimum Gasteiger partial charge on any atom is -0.550 e. The zero-order valence-corrected chi connectivity index (χ0v) is 27.8. The first-order valence-electron chi connectivity index (χ1n) is 17.9. The molecule has 7 nitrogen and oxygen atoms in total. The Hall–Kier alpha value is -1.89. The lowest BCUT2D eigenvalue weighted by Crippen LogP contribution is -2.51. The van der Waals surface area contributed by atoms with Crippen LogP contribution in [0.3, 0.4) is 0 Å². The number of nitrogens with zero attached hydrogens (tertiary/aromatic N) is 1. The number of hydrogen-bond donors (Lipinski definition) is 2. The zero-order chi connectivity index (χ0) is 31.9. The number of carboxylic acid groups (broad SMARTS) is 3. The summed E-state index contributed by atoms with van der Waals surface area (Å²) < 4.78 is 0.834. The highest BCUT2D eigenvalue weighted by molar-refractivity contribution is 5.66. The third-order valence-corrected chi connectivity index (χ3v) is 8.70. The van der Waals surface area contributed by atoms with Crippen LogP contribution in [0, 0.1) is 0 Å². The molecule has 0 aliphatic carbocycles. The highest BCUT2D eigenvalue weighted by Gasteiger charge is 2.26. The number of carbonyl (C=O) groups excluding carboxylic acids is 1. The number of allylic oxidation sites excluding steroid dienone is 2. The van der Waals surface area contributed by atoms with Gasteiger partial charge in [-0.15, -0.1) is 0 Å². The van der Waals surface area contributed by atoms with Gasteiger partial charge in [0.25, 0.3) is 0 Å². The molecule has 7 heteroatoms. The van der Waals surface area contributed by atoms with Crippen molar-refractivity contribution in [2.24, 2.45) is 0 Å². The summed E-state index contributed by atoms with van der Waals surface area (Å²) in [6.45, 7) is 5.84. The highest BCUT2D eigenvalue weighted by Crippen LogP contribution is 2.19. The zero-order valence-electron chi connectivity index (χ0n) is 27.8. The molecule has 0 unspecified atom stereocenters. The topological polar surface area (TPSA) is 115 Å². The van der Waals surface area contributed by atoms with Crippen LogP contribution in [0.5, 0.6) is 0 Å². The first-order chi connectivity index (χ1) is 20.8. The molecule has 0 saturated carbocycles. The van der Waals surface area contributed by atoms with E-state index < -0.39 is 17.9 Å². The number of unbranched alkanes of at least 4 members (excludes halogenated alkanes) is 18. The largest absolute Gasteiger partial charge is 0.550 e. The van der Waals surface area contributed by atoms with Gasteiger partial charge < -0.3 is 24.6 Å². The number of carbonyl (C=O) groups is 3. The van der Waals surface area contributed by atoms with Crippen molar-refractivity contribution in [3.8, 4) is 0 Å². The Bertz CT molecular complexity index is 653. The molecule has 0 heterocycles. The van der Waals surface area contributed by atoms with Crippen molar-refractivity contribution in [2.45, 2.75) is 174 Å². The van der Waals surface area contributed by atoms with Crippen molar-refractivity contribution in [1.29, 1.82) is 0 Å². The Morgan fingerprint density at radius 2 is 0.814 bits per heavy atom. The van der Waals surface area contributed by atoms with Crippen LogP contribution in [0.25, 0.3) is 0 Å². The molecule has 0 radical (unpaired) electrons. The Kier molecular flexibility index (Phi) is 28.8. The highest BCUT2D eigenvalue weighted by atomic mass is 16.4. The first-order valence-corrected chi connectivity index (χ1v) is 17.9. The number of rotatable bonds is 34. The normalized spacial score (nSPS) is 11.8. The summed E-state index contributed by atoms with van der Waals surface area (Å²) in [5, 5.41) is 29.0. The van der Waals surface area contributed by atoms with Gasteiger partial charge in [0.2, 0.25) is 0 Å². The lowest BCUT2D eigenvalue weighted by atomic mass is 10.0. The van der Waals surface area contributed by atoms with Crippen molar-refractivity contribution in [1.82, 2.24) is 0 Å². The van der Waals surface area contributed by atoms with Crippen LogP contribution in [0.15, 0.2) is 12.2 Å². The number of hydrogen-bond acceptors (Lipinski definition) is 4. The first kappa shape index (κ1) is 41.1. The van der Waals surface area contributed by atoms with Gasteiger partial charge >= 0.3 is 11.9 Å². The second-order valence-corrected chi connectivity index (χ2v) is 12.8. The molecule has 2 N–H and O–H groups in total. The van der Waals surface area contributed by atoms with Crippen molar-refractivity contribution in [3.05, 3.63) is 12.2 Å². The summed E-state index contributed by atoms with van der Waals surface area (Å²) in [5.74, 6) is -2.58. The van der Waals surface area contributed by atoms with Crippen molar-refractivity contribution >= 4 is 17.9 Å². The fraction of sp³-hybridized carbons (Fsp3) is 0.861. The molecule has 0 spiro atoms. The molecule has 43 heavy (non-hydrogen) atoms. The summed E-state index contributed by atoms with van der Waals surface area (Å²) in [6, 6.07) is 0. The van der Waals surface area contributed by atoms with Crippen LogP contribution in [-0.2, 0) is 14.4 Å². The van der Waals surface area contributed by atoms with Gasteiger partial charge in [0.1, 0.15) is 0 Å². The molecule has 0 aromatic heterocycles. The fourth-order valence-corrected chi connectivity index (χ4v) is 6.06. The minimum absolute atomic E-state index is 0.0591. The average molecular weight is 610 g/mol. The van der Waals surface area contributed by atoms with Crippen molar-refractivity contribution in [3.63, 3.8) is 0 Å². The van der Waals surface area contributed by atoms with Gasteiger partial charge in [-0.25, -0.2) is 0 Å². The predicted octanol–water partition coefficient (Wildman–Crippen LogP) is 8.44. The van der Waals surface area contributed by atoms with Crippen LogP contribution in [0.2, 0.25) is 0 Å². The van der Waals surface area contributed by atoms with E-state index >= 15 is 0 Å². The third kappa shape index (κ3) is 29.9. The summed E-state index contributed by atoms with van der Waals surface area (Å²) in [4.78, 5) is 32.9. The molecule has 252 valence electrons. The van der Waals surface area contributed by atoms with E-state index in [1.165, 1.54) is 83.5 Å². The molecular formula is C36H67NO6. The number of quaternary nitrogens is 1. The van der Waals surface area contributed by atoms with Crippen molar-refractivity contribution in [2.75, 3.05) is 26.2 Å². The Morgan fingerprint density at radius 3 is 1.19 bits per heavy atom. The van der Waals surface area contributed by atoms with E-state index in [9.17, 15) is 19.5 Å². The Balaban J connectivity index is 4.34. The maximum atomic E-state index is 11.0. The van der Waals surface area contributed by atoms with E-state index in [-0.39, 0.29) is 19.3 Å². The molecule has 0 bridgehead atoms. The van der Waals surface area contributed by atoms with Crippen molar-refractivity contribution < 1.29 is 34.2 Å². The standard InChI is InChI=1S/C36H67NO6/c1-2-3-4-5-6-7-8-9-10-11-12-13-14-15-16-17-18-19-23-30-37(31-24-20-27-34(38)39,32-25-21-28-35(40)41)33-26-22-29-36(42)43/h15-16H,2-14,17-33H2,1H3,(H2-,38,39,40,41,42,43)/b16-15+. The second kappa shape index (κ2) is 30.1. The van der Waals surface area contributed by atoms with Crippen LogP contribution < -0.4 is 5.11 Å². The smallest absolute Gasteiger partial charge is 0.303 e. The Labute approximate surface area is 264 Å². The maximum absolute atomic E-state index is 11.0. The fourth-order valence-electron chi connectivity index (χ4n) is 6.06. The summed E-state index contributed by atoms with van der Waals surface area (Å²) >= 11 is 0. The molecule has 0 aromatic carbocycles. The molecule has 0 amide bonds. The molecule has 0 rings (SSSR count). The van der Waals surface area contributed by atoms with Gasteiger partial charge in [-0.2, -0.15) is 0 Å². The van der Waals surface area contributed by atoms with Crippen LogP contribution >= 0.6 is 0 Å². The van der Waals surface area contributed by atoms with E-state index in [0.717, 1.165) is 75.6 Å². The average Bonchev–Trinajstić information content (AvgIpc) is 2.96. The van der Waals surface area contributed by atoms with E-state index in [2.05, 4.69) is 19.1 Å².